The van der Waals surface area contributed by atoms with Gasteiger partial charge in [-0.1, -0.05) is 274 Å². The van der Waals surface area contributed by atoms with Crippen molar-refractivity contribution in [3.8, 4) is 0 Å². The second-order valence-electron chi connectivity index (χ2n) is 19.5. The first-order chi connectivity index (χ1) is 33.4. The van der Waals surface area contributed by atoms with Gasteiger partial charge in [0.25, 0.3) is 0 Å². The maximum atomic E-state index is 12.7. The number of nitrogens with two attached hydrogens (primary N) is 1. The molecule has 9 heteroatoms. The van der Waals surface area contributed by atoms with Crippen LogP contribution in [0.5, 0.6) is 0 Å². The average molecular weight is 979 g/mol. The van der Waals surface area contributed by atoms with Gasteiger partial charge in [0.2, 0.25) is 0 Å². The van der Waals surface area contributed by atoms with Gasteiger partial charge < -0.3 is 20.1 Å². The van der Waals surface area contributed by atoms with Crippen LogP contribution in [0.3, 0.4) is 0 Å². The zero-order valence-electron chi connectivity index (χ0n) is 44.9. The Hall–Kier alpha value is -1.54. The molecule has 0 saturated carbocycles. The molecule has 0 rings (SSSR count). The lowest BCUT2D eigenvalue weighted by atomic mass is 10.0. The number of ether oxygens (including phenoxy) is 2. The number of carbonyl (C=O) groups excluding carboxylic acids is 1. The molecule has 68 heavy (non-hydrogen) atoms. The van der Waals surface area contributed by atoms with Crippen molar-refractivity contribution in [2.45, 2.75) is 290 Å². The Kier molecular flexibility index (Phi) is 55.1. The first-order valence-electron chi connectivity index (χ1n) is 29.1. The zero-order valence-corrected chi connectivity index (χ0v) is 45.7. The molecule has 0 aromatic rings. The highest BCUT2D eigenvalue weighted by Gasteiger charge is 2.25. The summed E-state index contributed by atoms with van der Waals surface area (Å²) in [5.74, 6) is -0.324. The van der Waals surface area contributed by atoms with Crippen LogP contribution in [-0.4, -0.2) is 49.9 Å². The molecule has 8 nitrogen and oxygen atoms in total. The first-order valence-corrected chi connectivity index (χ1v) is 30.6. The number of phosphoric ester groups is 1. The van der Waals surface area contributed by atoms with Crippen LogP contribution in [0.25, 0.3) is 0 Å². The SMILES string of the molecule is CC/C=C\C/C=C\C/C=C\C/C=C\CCCCCCCCCCCCCCCOCC(COP(=O)(O)OCCN)OC(=O)CCCCCCCCCCCCCCCCCCCCCCCCC. The summed E-state index contributed by atoms with van der Waals surface area (Å²) in [6.07, 6.45) is 70.2. The van der Waals surface area contributed by atoms with Crippen LogP contribution in [0, 0.1) is 0 Å². The van der Waals surface area contributed by atoms with Gasteiger partial charge in [0.1, 0.15) is 6.10 Å². The molecule has 2 unspecified atom stereocenters. The second kappa shape index (κ2) is 56.4. The van der Waals surface area contributed by atoms with Gasteiger partial charge in [0, 0.05) is 19.6 Å². The Morgan fingerprint density at radius 3 is 1.24 bits per heavy atom. The third kappa shape index (κ3) is 55.4. The lowest BCUT2D eigenvalue weighted by molar-refractivity contribution is -0.154. The third-order valence-electron chi connectivity index (χ3n) is 12.8. The van der Waals surface area contributed by atoms with E-state index in [-0.39, 0.29) is 32.3 Å². The third-order valence-corrected chi connectivity index (χ3v) is 13.7. The van der Waals surface area contributed by atoms with E-state index in [1.54, 1.807) is 0 Å². The van der Waals surface area contributed by atoms with E-state index in [0.29, 0.717) is 13.0 Å². The summed E-state index contributed by atoms with van der Waals surface area (Å²) in [5.41, 5.74) is 5.41. The van der Waals surface area contributed by atoms with E-state index >= 15 is 0 Å². The monoisotopic (exact) mass is 978 g/mol. The molecule has 0 aliphatic rings. The normalized spacial score (nSPS) is 13.5. The number of esters is 1. The van der Waals surface area contributed by atoms with E-state index < -0.39 is 13.9 Å². The summed E-state index contributed by atoms with van der Waals surface area (Å²) < 4.78 is 33.7. The van der Waals surface area contributed by atoms with Crippen molar-refractivity contribution in [1.29, 1.82) is 0 Å². The van der Waals surface area contributed by atoms with Crippen LogP contribution in [-0.2, 0) is 27.9 Å². The van der Waals surface area contributed by atoms with Gasteiger partial charge in [-0.25, -0.2) is 4.57 Å². The molecule has 2 atom stereocenters. The predicted octanol–water partition coefficient (Wildman–Crippen LogP) is 18.7. The van der Waals surface area contributed by atoms with Crippen LogP contribution in [0.1, 0.15) is 284 Å². The number of hydrogen-bond acceptors (Lipinski definition) is 7. The number of unbranched alkanes of at least 4 members (excludes halogenated alkanes) is 35. The number of phosphoric acid groups is 1. The fourth-order valence-corrected chi connectivity index (χ4v) is 9.29. The van der Waals surface area contributed by atoms with Gasteiger partial charge in [-0.2, -0.15) is 0 Å². The molecule has 0 aliphatic heterocycles. The number of carbonyl (C=O) groups is 1. The molecule has 0 radical (unpaired) electrons. The minimum absolute atomic E-state index is 0.0944. The largest absolute Gasteiger partial charge is 0.472 e. The standard InChI is InChI=1S/C59H112NO7P/c1-3-5-7-9-11-13-15-17-19-21-23-25-27-28-29-31-33-35-37-39-41-43-45-47-49-51-54-64-56-58(57-66-68(62,63)65-55-53-60)67-59(61)52-50-48-46-44-42-40-38-36-34-32-30-26-24-22-20-18-16-14-12-10-8-6-4-2/h5,7,11,13,17,19,23,25,58H,3-4,6,8-10,12,14-16,18,20-22,24,26-57,60H2,1-2H3,(H,62,63)/b7-5-,13-11-,19-17-,25-23-. The molecule has 0 aromatic heterocycles. The van der Waals surface area contributed by atoms with Gasteiger partial charge in [0.05, 0.1) is 19.8 Å². The lowest BCUT2D eigenvalue weighted by Crippen LogP contribution is -2.28. The first kappa shape index (κ1) is 66.5. The van der Waals surface area contributed by atoms with Crippen LogP contribution in [0.2, 0.25) is 0 Å². The van der Waals surface area contributed by atoms with E-state index in [1.807, 2.05) is 0 Å². The van der Waals surface area contributed by atoms with Crippen LogP contribution in [0.4, 0.5) is 0 Å². The van der Waals surface area contributed by atoms with Gasteiger partial charge >= 0.3 is 13.8 Å². The van der Waals surface area contributed by atoms with Gasteiger partial charge in [-0.05, 0) is 51.4 Å². The molecular formula is C59H112NO7P. The van der Waals surface area contributed by atoms with E-state index in [0.717, 1.165) is 57.8 Å². The Labute approximate surface area is 421 Å². The Bertz CT molecular complexity index is 1190. The summed E-state index contributed by atoms with van der Waals surface area (Å²) >= 11 is 0. The minimum Gasteiger partial charge on any atom is -0.457 e. The summed E-state index contributed by atoms with van der Waals surface area (Å²) in [4.78, 5) is 22.7. The molecule has 3 N–H and O–H groups in total. The Morgan fingerprint density at radius 2 is 0.824 bits per heavy atom. The second-order valence-corrected chi connectivity index (χ2v) is 20.9. The Balaban J connectivity index is 3.85. The molecular weight excluding hydrogens is 866 g/mol. The molecule has 0 amide bonds. The molecule has 0 heterocycles. The topological polar surface area (TPSA) is 117 Å². The number of hydrogen-bond donors (Lipinski definition) is 2. The fraction of sp³-hybridized carbons (Fsp3) is 0.847. The molecule has 0 fully saturated rings. The van der Waals surface area contributed by atoms with E-state index in [9.17, 15) is 14.3 Å². The molecule has 0 aromatic carbocycles. The molecule has 400 valence electrons. The van der Waals surface area contributed by atoms with Crippen LogP contribution >= 0.6 is 7.82 Å². The average Bonchev–Trinajstić information content (AvgIpc) is 3.33. The lowest BCUT2D eigenvalue weighted by Gasteiger charge is -2.20. The maximum absolute atomic E-state index is 12.7. The highest BCUT2D eigenvalue weighted by Crippen LogP contribution is 2.43. The summed E-state index contributed by atoms with van der Waals surface area (Å²) in [6.45, 7) is 4.87. The van der Waals surface area contributed by atoms with Crippen molar-refractivity contribution in [2.75, 3.05) is 33.0 Å². The summed E-state index contributed by atoms with van der Waals surface area (Å²) in [7, 11) is -4.29. The van der Waals surface area contributed by atoms with Crippen LogP contribution < -0.4 is 5.73 Å². The highest BCUT2D eigenvalue weighted by atomic mass is 31.2. The van der Waals surface area contributed by atoms with Crippen molar-refractivity contribution < 1.29 is 32.8 Å². The van der Waals surface area contributed by atoms with E-state index in [1.165, 1.54) is 205 Å². The van der Waals surface area contributed by atoms with Crippen molar-refractivity contribution in [3.63, 3.8) is 0 Å². The van der Waals surface area contributed by atoms with Crippen molar-refractivity contribution in [1.82, 2.24) is 0 Å². The minimum atomic E-state index is -4.29. The zero-order chi connectivity index (χ0) is 49.4. The van der Waals surface area contributed by atoms with Gasteiger partial charge in [-0.3, -0.25) is 13.8 Å². The van der Waals surface area contributed by atoms with Crippen molar-refractivity contribution in [3.05, 3.63) is 48.6 Å². The smallest absolute Gasteiger partial charge is 0.457 e. The molecule has 0 aliphatic carbocycles. The van der Waals surface area contributed by atoms with Crippen LogP contribution in [0.15, 0.2) is 48.6 Å². The van der Waals surface area contributed by atoms with E-state index in [4.69, 9.17) is 24.3 Å². The Morgan fingerprint density at radius 1 is 0.456 bits per heavy atom. The number of rotatable bonds is 56. The highest BCUT2D eigenvalue weighted by molar-refractivity contribution is 7.47. The molecule has 0 bridgehead atoms. The van der Waals surface area contributed by atoms with E-state index in [2.05, 4.69) is 62.5 Å². The summed E-state index contributed by atoms with van der Waals surface area (Å²) in [6, 6.07) is 0. The fourth-order valence-electron chi connectivity index (χ4n) is 8.52. The molecule has 0 spiro atoms. The predicted molar refractivity (Wildman–Crippen MR) is 293 cm³/mol. The molecule has 0 saturated heterocycles. The quantitative estimate of drug-likeness (QED) is 0.0268. The van der Waals surface area contributed by atoms with Crippen molar-refractivity contribution >= 4 is 13.8 Å². The maximum Gasteiger partial charge on any atom is 0.472 e. The summed E-state index contributed by atoms with van der Waals surface area (Å²) in [5, 5.41) is 0. The number of allylic oxidation sites excluding steroid dienone is 8. The van der Waals surface area contributed by atoms with Gasteiger partial charge in [0.15, 0.2) is 0 Å². The van der Waals surface area contributed by atoms with Crippen molar-refractivity contribution in [2.24, 2.45) is 5.73 Å². The van der Waals surface area contributed by atoms with Gasteiger partial charge in [-0.15, -0.1) is 0 Å².